The van der Waals surface area contributed by atoms with Gasteiger partial charge < -0.3 is 11.5 Å². The predicted molar refractivity (Wildman–Crippen MR) is 87.8 cm³/mol. The Morgan fingerprint density at radius 1 is 0.450 bits per heavy atom. The lowest BCUT2D eigenvalue weighted by atomic mass is 9.97. The van der Waals surface area contributed by atoms with Gasteiger partial charge in [-0.15, -0.1) is 0 Å². The van der Waals surface area contributed by atoms with Crippen LogP contribution in [0.1, 0.15) is 0 Å². The minimum Gasteiger partial charge on any atom is -0.399 e. The van der Waals surface area contributed by atoms with E-state index in [9.17, 15) is 0 Å². The van der Waals surface area contributed by atoms with Crippen molar-refractivity contribution in [3.05, 3.63) is 60.7 Å². The van der Waals surface area contributed by atoms with Crippen LogP contribution in [0.5, 0.6) is 0 Å². The van der Waals surface area contributed by atoms with Crippen LogP contribution in [-0.2, 0) is 0 Å². The van der Waals surface area contributed by atoms with Gasteiger partial charge in [-0.1, -0.05) is 36.4 Å². The lowest BCUT2D eigenvalue weighted by molar-refractivity contribution is 1.74. The zero-order chi connectivity index (χ0) is 13.7. The minimum absolute atomic E-state index is 0.797. The van der Waals surface area contributed by atoms with E-state index in [2.05, 4.69) is 36.4 Å². The van der Waals surface area contributed by atoms with Gasteiger partial charge in [0.2, 0.25) is 0 Å². The summed E-state index contributed by atoms with van der Waals surface area (Å²) in [7, 11) is 0. The van der Waals surface area contributed by atoms with Crippen LogP contribution in [0, 0.1) is 0 Å². The summed E-state index contributed by atoms with van der Waals surface area (Å²) in [4.78, 5) is 0. The monoisotopic (exact) mass is 258 g/mol. The summed E-state index contributed by atoms with van der Waals surface area (Å²) in [6.07, 6.45) is 0. The van der Waals surface area contributed by atoms with Crippen LogP contribution in [0.3, 0.4) is 0 Å². The Bertz CT molecular complexity index is 890. The maximum Gasteiger partial charge on any atom is 0.0320 e. The van der Waals surface area contributed by atoms with E-state index in [0.717, 1.165) is 11.4 Å². The topological polar surface area (TPSA) is 52.0 Å². The van der Waals surface area contributed by atoms with Crippen molar-refractivity contribution in [3.63, 3.8) is 0 Å². The van der Waals surface area contributed by atoms with Crippen molar-refractivity contribution in [2.45, 2.75) is 0 Å². The average Bonchev–Trinajstić information content (AvgIpc) is 2.45. The normalized spacial score (nSPS) is 11.4. The summed E-state index contributed by atoms with van der Waals surface area (Å²) in [6.45, 7) is 0. The van der Waals surface area contributed by atoms with Crippen LogP contribution in [0.2, 0.25) is 0 Å². The van der Waals surface area contributed by atoms with E-state index in [1.807, 2.05) is 24.3 Å². The molecule has 4 aromatic carbocycles. The summed E-state index contributed by atoms with van der Waals surface area (Å²) in [5.74, 6) is 0. The number of rotatable bonds is 0. The molecule has 0 aliphatic rings. The summed E-state index contributed by atoms with van der Waals surface area (Å²) in [5.41, 5.74) is 13.3. The van der Waals surface area contributed by atoms with Crippen LogP contribution < -0.4 is 11.5 Å². The molecule has 96 valence electrons. The van der Waals surface area contributed by atoms with E-state index in [1.165, 1.54) is 32.3 Å². The second-order valence-corrected chi connectivity index (χ2v) is 5.19. The molecule has 0 aliphatic heterocycles. The van der Waals surface area contributed by atoms with Crippen molar-refractivity contribution in [2.24, 2.45) is 0 Å². The van der Waals surface area contributed by atoms with Gasteiger partial charge in [-0.25, -0.2) is 0 Å². The lowest BCUT2D eigenvalue weighted by Crippen LogP contribution is -1.87. The first-order chi connectivity index (χ1) is 9.72. The van der Waals surface area contributed by atoms with Gasteiger partial charge in [0.05, 0.1) is 0 Å². The number of benzene rings is 4. The average molecular weight is 258 g/mol. The smallest absolute Gasteiger partial charge is 0.0320 e. The molecule has 0 amide bonds. The number of anilines is 2. The van der Waals surface area contributed by atoms with Crippen molar-refractivity contribution < 1.29 is 0 Å². The number of hydrogen-bond donors (Lipinski definition) is 2. The molecule has 4 N–H and O–H groups in total. The molecule has 20 heavy (non-hydrogen) atoms. The lowest BCUT2D eigenvalue weighted by Gasteiger charge is -2.08. The van der Waals surface area contributed by atoms with E-state index in [0.29, 0.717) is 0 Å². The van der Waals surface area contributed by atoms with E-state index in [4.69, 9.17) is 11.5 Å². The molecule has 0 atom stereocenters. The molecule has 0 aromatic heterocycles. The highest BCUT2D eigenvalue weighted by molar-refractivity contribution is 6.17. The first-order valence-electron chi connectivity index (χ1n) is 6.62. The summed E-state index contributed by atoms with van der Waals surface area (Å²) in [5, 5.41) is 7.31. The van der Waals surface area contributed by atoms with E-state index < -0.39 is 0 Å². The molecular formula is C18H14N2. The fourth-order valence-electron chi connectivity index (χ4n) is 2.92. The Balaban J connectivity index is 2.21. The second kappa shape index (κ2) is 3.87. The summed E-state index contributed by atoms with van der Waals surface area (Å²) < 4.78 is 0. The zero-order valence-electron chi connectivity index (χ0n) is 10.9. The van der Waals surface area contributed by atoms with Crippen molar-refractivity contribution in [1.29, 1.82) is 0 Å². The van der Waals surface area contributed by atoms with Gasteiger partial charge in [0.25, 0.3) is 0 Å². The van der Waals surface area contributed by atoms with Gasteiger partial charge in [0, 0.05) is 11.4 Å². The number of fused-ring (bicyclic) bond motifs is 5. The van der Waals surface area contributed by atoms with Crippen molar-refractivity contribution >= 4 is 43.7 Å². The fraction of sp³-hybridized carbons (Fsp3) is 0. The van der Waals surface area contributed by atoms with E-state index in [-0.39, 0.29) is 0 Å². The minimum atomic E-state index is 0.797. The van der Waals surface area contributed by atoms with Gasteiger partial charge in [-0.3, -0.25) is 0 Å². The zero-order valence-corrected chi connectivity index (χ0v) is 10.9. The third kappa shape index (κ3) is 1.51. The third-order valence-corrected chi connectivity index (χ3v) is 3.88. The SMILES string of the molecule is Nc1ccc2c(ccc3c4ccc(N)cc4ccc23)c1. The molecule has 0 heterocycles. The highest BCUT2D eigenvalue weighted by Gasteiger charge is 2.05. The fourth-order valence-corrected chi connectivity index (χ4v) is 2.92. The van der Waals surface area contributed by atoms with Gasteiger partial charge >= 0.3 is 0 Å². The highest BCUT2D eigenvalue weighted by Crippen LogP contribution is 2.32. The molecule has 0 radical (unpaired) electrons. The molecule has 0 unspecified atom stereocenters. The maximum absolute atomic E-state index is 5.86. The van der Waals surface area contributed by atoms with Crippen molar-refractivity contribution in [2.75, 3.05) is 11.5 Å². The van der Waals surface area contributed by atoms with Crippen LogP contribution in [0.15, 0.2) is 60.7 Å². The van der Waals surface area contributed by atoms with Crippen LogP contribution in [-0.4, -0.2) is 0 Å². The molecule has 4 aromatic rings. The molecule has 0 spiro atoms. The largest absolute Gasteiger partial charge is 0.399 e. The molecule has 0 saturated heterocycles. The molecule has 2 heteroatoms. The summed E-state index contributed by atoms with van der Waals surface area (Å²) >= 11 is 0. The number of nitrogen functional groups attached to an aromatic ring is 2. The standard InChI is InChI=1S/C18H14N2/c19-13-3-7-15-11(9-13)1-5-17-16-8-4-14(20)10-12(16)2-6-18(15)17/h1-10H,19-20H2. The van der Waals surface area contributed by atoms with Crippen LogP contribution >= 0.6 is 0 Å². The van der Waals surface area contributed by atoms with Crippen molar-refractivity contribution in [3.8, 4) is 0 Å². The Morgan fingerprint density at radius 2 is 0.850 bits per heavy atom. The maximum atomic E-state index is 5.86. The number of nitrogens with two attached hydrogens (primary N) is 2. The first kappa shape index (κ1) is 11.1. The van der Waals surface area contributed by atoms with Gasteiger partial charge in [0.15, 0.2) is 0 Å². The van der Waals surface area contributed by atoms with Crippen LogP contribution in [0.4, 0.5) is 11.4 Å². The Kier molecular flexibility index (Phi) is 2.15. The van der Waals surface area contributed by atoms with Gasteiger partial charge in [0.1, 0.15) is 0 Å². The molecule has 0 saturated carbocycles. The second-order valence-electron chi connectivity index (χ2n) is 5.19. The van der Waals surface area contributed by atoms with E-state index >= 15 is 0 Å². The Hall–Kier alpha value is -2.74. The van der Waals surface area contributed by atoms with E-state index in [1.54, 1.807) is 0 Å². The Labute approximate surface area is 116 Å². The first-order valence-corrected chi connectivity index (χ1v) is 6.62. The molecule has 0 fully saturated rings. The molecule has 0 aliphatic carbocycles. The Morgan fingerprint density at radius 3 is 1.30 bits per heavy atom. The van der Waals surface area contributed by atoms with Crippen LogP contribution in [0.25, 0.3) is 32.3 Å². The quantitative estimate of drug-likeness (QED) is 0.365. The predicted octanol–water partition coefficient (Wildman–Crippen LogP) is 4.31. The summed E-state index contributed by atoms with van der Waals surface area (Å²) in [6, 6.07) is 20.7. The molecular weight excluding hydrogens is 244 g/mol. The highest BCUT2D eigenvalue weighted by atomic mass is 14.5. The van der Waals surface area contributed by atoms with Gasteiger partial charge in [-0.05, 0) is 56.6 Å². The third-order valence-electron chi connectivity index (χ3n) is 3.88. The van der Waals surface area contributed by atoms with Gasteiger partial charge in [-0.2, -0.15) is 0 Å². The molecule has 0 bridgehead atoms. The van der Waals surface area contributed by atoms with Crippen molar-refractivity contribution in [1.82, 2.24) is 0 Å². The molecule has 4 rings (SSSR count). The molecule has 2 nitrogen and oxygen atoms in total. The number of hydrogen-bond acceptors (Lipinski definition) is 2.